The number of carbonyl (C=O) groups is 2. The second-order valence-electron chi connectivity index (χ2n) is 6.78. The number of nitrogens with one attached hydrogen (secondary N) is 1. The number of benzene rings is 1. The van der Waals surface area contributed by atoms with Crippen molar-refractivity contribution in [3.63, 3.8) is 0 Å². The molecule has 1 atom stereocenters. The number of amides is 2. The van der Waals surface area contributed by atoms with Gasteiger partial charge in [-0.25, -0.2) is 9.97 Å². The molecule has 0 radical (unpaired) electrons. The topological polar surface area (TPSA) is 78.4 Å². The van der Waals surface area contributed by atoms with Gasteiger partial charge in [0.2, 0.25) is 11.8 Å². The van der Waals surface area contributed by atoms with Gasteiger partial charge in [-0.1, -0.05) is 11.6 Å². The maximum Gasteiger partial charge on any atom is 0.227 e. The zero-order valence-electron chi connectivity index (χ0n) is 15.6. The van der Waals surface area contributed by atoms with Gasteiger partial charge in [-0.05, 0) is 31.2 Å². The van der Waals surface area contributed by atoms with Crippen LogP contribution in [0.1, 0.15) is 17.9 Å². The molecule has 1 fully saturated rings. The summed E-state index contributed by atoms with van der Waals surface area (Å²) in [6, 6.07) is 8.91. The zero-order valence-corrected chi connectivity index (χ0v) is 16.3. The van der Waals surface area contributed by atoms with Gasteiger partial charge in [-0.3, -0.25) is 9.59 Å². The number of hydrogen-bond acceptors (Lipinski definition) is 5. The molecule has 142 valence electrons. The molecule has 1 aliphatic heterocycles. The van der Waals surface area contributed by atoms with Gasteiger partial charge in [0.05, 0.1) is 12.5 Å². The molecule has 0 saturated carbocycles. The van der Waals surface area contributed by atoms with Crippen LogP contribution >= 0.6 is 11.6 Å². The van der Waals surface area contributed by atoms with E-state index in [1.54, 1.807) is 29.2 Å². The second-order valence-corrected chi connectivity index (χ2v) is 7.21. The highest BCUT2D eigenvalue weighted by atomic mass is 35.5. The molecule has 8 heteroatoms. The van der Waals surface area contributed by atoms with Crippen molar-refractivity contribution in [1.29, 1.82) is 0 Å². The summed E-state index contributed by atoms with van der Waals surface area (Å²) in [6.45, 7) is 2.47. The number of carbonyl (C=O) groups excluding carboxylic acids is 2. The van der Waals surface area contributed by atoms with Crippen LogP contribution in [0.15, 0.2) is 30.3 Å². The Morgan fingerprint density at radius 3 is 2.67 bits per heavy atom. The van der Waals surface area contributed by atoms with Crippen LogP contribution in [0.5, 0.6) is 0 Å². The van der Waals surface area contributed by atoms with Crippen molar-refractivity contribution < 1.29 is 9.59 Å². The highest BCUT2D eigenvalue weighted by Crippen LogP contribution is 2.26. The first-order valence-electron chi connectivity index (χ1n) is 8.69. The van der Waals surface area contributed by atoms with Crippen LogP contribution in [0.4, 0.5) is 11.5 Å². The first kappa shape index (κ1) is 19.1. The van der Waals surface area contributed by atoms with Gasteiger partial charge in [0.25, 0.3) is 0 Å². The highest BCUT2D eigenvalue weighted by Gasteiger charge is 2.35. The molecule has 1 N–H and O–H groups in total. The minimum atomic E-state index is -0.397. The first-order valence-corrected chi connectivity index (χ1v) is 9.07. The SMILES string of the molecule is Cc1cc(N(C)C)nc(CNC(=O)C2CC(=O)N(c3ccc(Cl)cc3)C2)n1. The van der Waals surface area contributed by atoms with Crippen LogP contribution < -0.4 is 15.1 Å². The fourth-order valence-electron chi connectivity index (χ4n) is 2.98. The molecule has 2 aromatic rings. The van der Waals surface area contributed by atoms with Gasteiger partial charge in [0.1, 0.15) is 11.6 Å². The quantitative estimate of drug-likeness (QED) is 0.850. The van der Waals surface area contributed by atoms with Crippen LogP contribution in [0, 0.1) is 12.8 Å². The molecule has 0 bridgehead atoms. The fraction of sp³-hybridized carbons (Fsp3) is 0.368. The average molecular weight is 388 g/mol. The molecular weight excluding hydrogens is 366 g/mol. The number of aryl methyl sites for hydroxylation is 1. The van der Waals surface area contributed by atoms with Crippen molar-refractivity contribution in [2.45, 2.75) is 19.9 Å². The highest BCUT2D eigenvalue weighted by molar-refractivity contribution is 6.30. The molecule has 2 amide bonds. The molecule has 1 aromatic heterocycles. The molecule has 1 unspecified atom stereocenters. The van der Waals surface area contributed by atoms with Crippen molar-refractivity contribution in [2.75, 3.05) is 30.4 Å². The van der Waals surface area contributed by atoms with Gasteiger partial charge in [0.15, 0.2) is 0 Å². The lowest BCUT2D eigenvalue weighted by molar-refractivity contribution is -0.126. The third-order valence-corrected chi connectivity index (χ3v) is 4.65. The Hall–Kier alpha value is -2.67. The van der Waals surface area contributed by atoms with E-state index < -0.39 is 5.92 Å². The predicted octanol–water partition coefficient (Wildman–Crippen LogP) is 2.17. The number of aromatic nitrogens is 2. The molecule has 1 aliphatic rings. The molecule has 0 spiro atoms. The lowest BCUT2D eigenvalue weighted by atomic mass is 10.1. The Labute approximate surface area is 163 Å². The van der Waals surface area contributed by atoms with Crippen molar-refractivity contribution in [3.05, 3.63) is 46.9 Å². The molecule has 0 aliphatic carbocycles. The summed E-state index contributed by atoms with van der Waals surface area (Å²) >= 11 is 5.89. The monoisotopic (exact) mass is 387 g/mol. The van der Waals surface area contributed by atoms with Gasteiger partial charge in [-0.15, -0.1) is 0 Å². The molecule has 27 heavy (non-hydrogen) atoms. The Morgan fingerprint density at radius 2 is 2.00 bits per heavy atom. The fourth-order valence-corrected chi connectivity index (χ4v) is 3.11. The normalized spacial score (nSPS) is 16.5. The summed E-state index contributed by atoms with van der Waals surface area (Å²) in [7, 11) is 3.80. The third-order valence-electron chi connectivity index (χ3n) is 4.40. The maximum absolute atomic E-state index is 12.5. The van der Waals surface area contributed by atoms with Crippen molar-refractivity contribution in [2.24, 2.45) is 5.92 Å². The van der Waals surface area contributed by atoms with Crippen LogP contribution in [0.25, 0.3) is 0 Å². The van der Waals surface area contributed by atoms with E-state index in [0.717, 1.165) is 17.2 Å². The van der Waals surface area contributed by atoms with Crippen molar-refractivity contribution in [1.82, 2.24) is 15.3 Å². The lowest BCUT2D eigenvalue weighted by Crippen LogP contribution is -2.33. The Bertz CT molecular complexity index is 854. The molecule has 1 aromatic carbocycles. The van der Waals surface area contributed by atoms with E-state index in [0.29, 0.717) is 17.4 Å². The van der Waals surface area contributed by atoms with Gasteiger partial charge in [0, 0.05) is 49.5 Å². The Morgan fingerprint density at radius 1 is 1.30 bits per heavy atom. The van der Waals surface area contributed by atoms with Crippen LogP contribution in [-0.2, 0) is 16.1 Å². The second kappa shape index (κ2) is 7.92. The van der Waals surface area contributed by atoms with E-state index in [4.69, 9.17) is 11.6 Å². The summed E-state index contributed by atoms with van der Waals surface area (Å²) in [5.74, 6) is 0.699. The van der Waals surface area contributed by atoms with Crippen LogP contribution in [0.3, 0.4) is 0 Å². The summed E-state index contributed by atoms with van der Waals surface area (Å²) in [6.07, 6.45) is 0.187. The van der Waals surface area contributed by atoms with E-state index >= 15 is 0 Å². The summed E-state index contributed by atoms with van der Waals surface area (Å²) < 4.78 is 0. The summed E-state index contributed by atoms with van der Waals surface area (Å²) in [5, 5.41) is 3.46. The van der Waals surface area contributed by atoms with E-state index in [-0.39, 0.29) is 24.8 Å². The lowest BCUT2D eigenvalue weighted by Gasteiger charge is -2.17. The average Bonchev–Trinajstić information content (AvgIpc) is 3.01. The van der Waals surface area contributed by atoms with Crippen molar-refractivity contribution >= 4 is 34.9 Å². The number of anilines is 2. The predicted molar refractivity (Wildman–Crippen MR) is 105 cm³/mol. The molecule has 7 nitrogen and oxygen atoms in total. The van der Waals surface area contributed by atoms with E-state index in [2.05, 4.69) is 15.3 Å². The number of hydrogen-bond donors (Lipinski definition) is 1. The van der Waals surface area contributed by atoms with Crippen molar-refractivity contribution in [3.8, 4) is 0 Å². The minimum Gasteiger partial charge on any atom is -0.363 e. The number of halogens is 1. The largest absolute Gasteiger partial charge is 0.363 e. The van der Waals surface area contributed by atoms with E-state index in [1.807, 2.05) is 32.0 Å². The minimum absolute atomic E-state index is 0.0702. The summed E-state index contributed by atoms with van der Waals surface area (Å²) in [4.78, 5) is 37.1. The standard InChI is InChI=1S/C19H22ClN5O2/c1-12-8-17(24(2)3)23-16(22-12)10-21-19(27)13-9-18(26)25(11-13)15-6-4-14(20)5-7-15/h4-8,13H,9-11H2,1-3H3,(H,21,27). The van der Waals surface area contributed by atoms with Gasteiger partial charge < -0.3 is 15.1 Å². The summed E-state index contributed by atoms with van der Waals surface area (Å²) in [5.41, 5.74) is 1.58. The molecule has 2 heterocycles. The van der Waals surface area contributed by atoms with Crippen LogP contribution in [0.2, 0.25) is 5.02 Å². The van der Waals surface area contributed by atoms with E-state index in [1.165, 1.54) is 0 Å². The van der Waals surface area contributed by atoms with Gasteiger partial charge >= 0.3 is 0 Å². The van der Waals surface area contributed by atoms with Gasteiger partial charge in [-0.2, -0.15) is 0 Å². The van der Waals surface area contributed by atoms with E-state index in [9.17, 15) is 9.59 Å². The third kappa shape index (κ3) is 4.54. The number of rotatable bonds is 5. The smallest absolute Gasteiger partial charge is 0.227 e. The Kier molecular flexibility index (Phi) is 5.60. The molecule has 1 saturated heterocycles. The number of nitrogens with zero attached hydrogens (tertiary/aromatic N) is 4. The Balaban J connectivity index is 1.62. The molecule has 3 rings (SSSR count). The maximum atomic E-state index is 12.5. The first-order chi connectivity index (χ1) is 12.8. The zero-order chi connectivity index (χ0) is 19.6. The molecular formula is C19H22ClN5O2. The van der Waals surface area contributed by atoms with Crippen LogP contribution in [-0.4, -0.2) is 42.4 Å².